The van der Waals surface area contributed by atoms with E-state index in [1.54, 1.807) is 42.5 Å². The Morgan fingerprint density at radius 1 is 0.882 bits per heavy atom. The molecule has 0 spiro atoms. The molecule has 0 aliphatic heterocycles. The summed E-state index contributed by atoms with van der Waals surface area (Å²) in [7, 11) is 0. The van der Waals surface area contributed by atoms with E-state index in [2.05, 4.69) is 10.6 Å². The molecule has 0 atom stereocenters. The molecule has 0 radical (unpaired) electrons. The second-order valence-corrected chi connectivity index (χ2v) is 8.07. The molecule has 0 fully saturated rings. The molecule has 2 rings (SSSR count). The summed E-state index contributed by atoms with van der Waals surface area (Å²) in [5.41, 5.74) is 2.32. The van der Waals surface area contributed by atoms with Crippen LogP contribution in [-0.4, -0.2) is 37.0 Å². The van der Waals surface area contributed by atoms with Gasteiger partial charge in [0.1, 0.15) is 0 Å². The zero-order chi connectivity index (χ0) is 24.9. The van der Waals surface area contributed by atoms with Gasteiger partial charge < -0.3 is 20.1 Å². The number of esters is 2. The molecule has 0 saturated carbocycles. The quantitative estimate of drug-likeness (QED) is 0.325. The van der Waals surface area contributed by atoms with Crippen molar-refractivity contribution in [1.82, 2.24) is 0 Å². The van der Waals surface area contributed by atoms with Crippen molar-refractivity contribution in [2.45, 2.75) is 46.0 Å². The summed E-state index contributed by atoms with van der Waals surface area (Å²) in [4.78, 5) is 47.8. The molecule has 8 nitrogen and oxygen atoms in total. The van der Waals surface area contributed by atoms with Crippen LogP contribution in [-0.2, 0) is 23.9 Å². The summed E-state index contributed by atoms with van der Waals surface area (Å²) in [6.45, 7) is 3.78. The van der Waals surface area contributed by atoms with Crippen LogP contribution in [0.15, 0.2) is 42.5 Å². The highest BCUT2D eigenvalue weighted by molar-refractivity contribution is 6.31. The van der Waals surface area contributed by atoms with Crippen molar-refractivity contribution < 1.29 is 28.7 Å². The lowest BCUT2D eigenvalue weighted by atomic mass is 10.2. The van der Waals surface area contributed by atoms with Gasteiger partial charge >= 0.3 is 11.9 Å². The number of unbranched alkanes of at least 4 members (excludes halogenated alkanes) is 1. The zero-order valence-electron chi connectivity index (χ0n) is 19.3. The largest absolute Gasteiger partial charge is 0.462 e. The first-order chi connectivity index (χ1) is 16.3. The molecule has 0 bridgehead atoms. The number of rotatable bonds is 12. The van der Waals surface area contributed by atoms with Crippen LogP contribution >= 0.6 is 11.6 Å². The summed E-state index contributed by atoms with van der Waals surface area (Å²) >= 11 is 5.91. The van der Waals surface area contributed by atoms with E-state index in [-0.39, 0.29) is 25.2 Å². The van der Waals surface area contributed by atoms with Gasteiger partial charge in [0.25, 0.3) is 5.91 Å². The topological polar surface area (TPSA) is 111 Å². The molecule has 0 saturated heterocycles. The fourth-order valence-electron chi connectivity index (χ4n) is 2.83. The Hall–Kier alpha value is -3.39. The molecule has 182 valence electrons. The normalized spacial score (nSPS) is 10.3. The van der Waals surface area contributed by atoms with E-state index in [0.29, 0.717) is 28.6 Å². The number of ether oxygens (including phenoxy) is 2. The number of carbonyl (C=O) groups excluding carboxylic acids is 4. The summed E-state index contributed by atoms with van der Waals surface area (Å²) in [6, 6.07) is 11.5. The summed E-state index contributed by atoms with van der Waals surface area (Å²) in [5, 5.41) is 5.82. The lowest BCUT2D eigenvalue weighted by Crippen LogP contribution is -2.21. The van der Waals surface area contributed by atoms with Crippen LogP contribution in [0.2, 0.25) is 5.02 Å². The number of hydrogen-bond acceptors (Lipinski definition) is 6. The smallest absolute Gasteiger partial charge is 0.338 e. The SMILES string of the molecule is CCCCOC(=O)c1ccc(NC(=O)CCCC(=O)OCC(=O)Nc2cc(Cl)ccc2C)cc1. The van der Waals surface area contributed by atoms with Gasteiger partial charge in [-0.05, 0) is 61.7 Å². The highest BCUT2D eigenvalue weighted by Gasteiger charge is 2.12. The monoisotopic (exact) mass is 488 g/mol. The average molecular weight is 489 g/mol. The summed E-state index contributed by atoms with van der Waals surface area (Å²) < 4.78 is 10.1. The lowest BCUT2D eigenvalue weighted by Gasteiger charge is -2.09. The van der Waals surface area contributed by atoms with Crippen LogP contribution in [0.4, 0.5) is 11.4 Å². The van der Waals surface area contributed by atoms with E-state index in [1.807, 2.05) is 13.8 Å². The molecule has 0 unspecified atom stereocenters. The molecule has 0 aliphatic rings. The standard InChI is InChI=1S/C25H29ClN2O6/c1-3-4-14-33-25(32)18-9-12-20(13-10-18)27-22(29)6-5-7-24(31)34-16-23(30)28-21-15-19(26)11-8-17(21)2/h8-13,15H,3-7,14,16H2,1-2H3,(H,27,29)(H,28,30). The van der Waals surface area contributed by atoms with E-state index in [0.717, 1.165) is 18.4 Å². The third-order valence-electron chi connectivity index (χ3n) is 4.76. The second kappa shape index (κ2) is 14.0. The predicted molar refractivity (Wildman–Crippen MR) is 130 cm³/mol. The minimum absolute atomic E-state index is 0.000564. The van der Waals surface area contributed by atoms with Gasteiger partial charge in [-0.15, -0.1) is 0 Å². The van der Waals surface area contributed by atoms with Crippen LogP contribution < -0.4 is 10.6 Å². The van der Waals surface area contributed by atoms with Gasteiger partial charge in [-0.3, -0.25) is 14.4 Å². The molecule has 0 heterocycles. The van der Waals surface area contributed by atoms with Crippen molar-refractivity contribution in [2.24, 2.45) is 0 Å². The van der Waals surface area contributed by atoms with Crippen molar-refractivity contribution in [3.63, 3.8) is 0 Å². The first-order valence-electron chi connectivity index (χ1n) is 11.1. The first-order valence-corrected chi connectivity index (χ1v) is 11.4. The lowest BCUT2D eigenvalue weighted by molar-refractivity contribution is -0.147. The number of anilines is 2. The Kier molecular flexibility index (Phi) is 11.1. The molecule has 0 aromatic heterocycles. The van der Waals surface area contributed by atoms with E-state index in [4.69, 9.17) is 21.1 Å². The van der Waals surface area contributed by atoms with Gasteiger partial charge in [-0.2, -0.15) is 0 Å². The second-order valence-electron chi connectivity index (χ2n) is 7.64. The Balaban J connectivity index is 1.65. The maximum atomic E-state index is 12.1. The molecule has 34 heavy (non-hydrogen) atoms. The van der Waals surface area contributed by atoms with Crippen molar-refractivity contribution in [3.05, 3.63) is 58.6 Å². The highest BCUT2D eigenvalue weighted by atomic mass is 35.5. The maximum absolute atomic E-state index is 12.1. The van der Waals surface area contributed by atoms with Crippen molar-refractivity contribution in [1.29, 1.82) is 0 Å². The Bertz CT molecular complexity index is 1010. The van der Waals surface area contributed by atoms with Crippen molar-refractivity contribution in [3.8, 4) is 0 Å². The number of aryl methyl sites for hydroxylation is 1. The van der Waals surface area contributed by atoms with Crippen LogP contribution in [0.25, 0.3) is 0 Å². The van der Waals surface area contributed by atoms with Crippen LogP contribution in [0, 0.1) is 6.92 Å². The van der Waals surface area contributed by atoms with Gasteiger partial charge in [0.15, 0.2) is 6.61 Å². The molecule has 2 aromatic rings. The number of halogens is 1. The Labute approximate surface area is 204 Å². The fraction of sp³-hybridized carbons (Fsp3) is 0.360. The highest BCUT2D eigenvalue weighted by Crippen LogP contribution is 2.20. The van der Waals surface area contributed by atoms with Gasteiger partial charge in [-0.1, -0.05) is 31.0 Å². The first kappa shape index (κ1) is 26.9. The molecular formula is C25H29ClN2O6. The molecule has 2 aromatic carbocycles. The average Bonchev–Trinajstić information content (AvgIpc) is 2.80. The van der Waals surface area contributed by atoms with Crippen LogP contribution in [0.5, 0.6) is 0 Å². The third kappa shape index (κ3) is 9.62. The number of nitrogens with one attached hydrogen (secondary N) is 2. The Morgan fingerprint density at radius 3 is 2.32 bits per heavy atom. The predicted octanol–water partition coefficient (Wildman–Crippen LogP) is 4.90. The minimum atomic E-state index is -0.572. The van der Waals surface area contributed by atoms with E-state index in [9.17, 15) is 19.2 Å². The number of hydrogen-bond donors (Lipinski definition) is 2. The number of carbonyl (C=O) groups is 4. The molecule has 2 N–H and O–H groups in total. The van der Waals surface area contributed by atoms with Crippen molar-refractivity contribution >= 4 is 46.7 Å². The van der Waals surface area contributed by atoms with Gasteiger partial charge in [0, 0.05) is 29.2 Å². The summed E-state index contributed by atoms with van der Waals surface area (Å²) in [6.07, 6.45) is 2.11. The number of benzene rings is 2. The van der Waals surface area contributed by atoms with Gasteiger partial charge in [-0.25, -0.2) is 4.79 Å². The minimum Gasteiger partial charge on any atom is -0.462 e. The zero-order valence-corrected chi connectivity index (χ0v) is 20.1. The fourth-order valence-corrected chi connectivity index (χ4v) is 3.00. The van der Waals surface area contributed by atoms with E-state index < -0.39 is 24.5 Å². The Morgan fingerprint density at radius 2 is 1.62 bits per heavy atom. The summed E-state index contributed by atoms with van der Waals surface area (Å²) in [5.74, 6) is -1.73. The van der Waals surface area contributed by atoms with Gasteiger partial charge in [0.2, 0.25) is 5.91 Å². The third-order valence-corrected chi connectivity index (χ3v) is 4.99. The van der Waals surface area contributed by atoms with Gasteiger partial charge in [0.05, 0.1) is 12.2 Å². The molecule has 9 heteroatoms. The van der Waals surface area contributed by atoms with E-state index in [1.165, 1.54) is 0 Å². The maximum Gasteiger partial charge on any atom is 0.338 e. The van der Waals surface area contributed by atoms with Crippen molar-refractivity contribution in [2.75, 3.05) is 23.8 Å². The van der Waals surface area contributed by atoms with Crippen LogP contribution in [0.1, 0.15) is 54.9 Å². The molecule has 2 amide bonds. The molecule has 0 aliphatic carbocycles. The number of amides is 2. The van der Waals surface area contributed by atoms with E-state index >= 15 is 0 Å². The van der Waals surface area contributed by atoms with Crippen LogP contribution in [0.3, 0.4) is 0 Å². The molecular weight excluding hydrogens is 460 g/mol.